The van der Waals surface area contributed by atoms with Gasteiger partial charge in [-0.1, -0.05) is 35.3 Å². The van der Waals surface area contributed by atoms with E-state index in [9.17, 15) is 4.79 Å². The molecule has 0 radical (unpaired) electrons. The second-order valence-corrected chi connectivity index (χ2v) is 6.28. The van der Waals surface area contributed by atoms with Crippen molar-refractivity contribution in [1.82, 2.24) is 9.55 Å². The molecule has 1 aromatic heterocycles. The van der Waals surface area contributed by atoms with Crippen molar-refractivity contribution in [2.24, 2.45) is 0 Å². The number of nitrogens with zero attached hydrogens (tertiary/aromatic N) is 3. The zero-order chi connectivity index (χ0) is 16.7. The molecule has 1 aliphatic rings. The Morgan fingerprint density at radius 3 is 2.79 bits per heavy atom. The molecule has 2 aromatic carbocycles. The Morgan fingerprint density at radius 2 is 1.96 bits per heavy atom. The quantitative estimate of drug-likeness (QED) is 0.713. The molecule has 5 nitrogen and oxygen atoms in total. The number of hydrogen-bond donors (Lipinski definition) is 0. The summed E-state index contributed by atoms with van der Waals surface area (Å²) < 4.78 is 7.58. The van der Waals surface area contributed by atoms with Crippen molar-refractivity contribution in [1.29, 1.82) is 0 Å². The van der Waals surface area contributed by atoms with Gasteiger partial charge >= 0.3 is 0 Å². The Kier molecular flexibility index (Phi) is 3.82. The van der Waals surface area contributed by atoms with Gasteiger partial charge < -0.3 is 9.30 Å². The average Bonchev–Trinajstić information content (AvgIpc) is 3.14. The number of benzene rings is 2. The number of aromatic nitrogens is 2. The lowest BCUT2D eigenvalue weighted by Crippen LogP contribution is -2.33. The summed E-state index contributed by atoms with van der Waals surface area (Å²) in [5.41, 5.74) is 1.92. The average molecular weight is 362 g/mol. The van der Waals surface area contributed by atoms with Gasteiger partial charge in [0.1, 0.15) is 5.75 Å². The van der Waals surface area contributed by atoms with Gasteiger partial charge in [0, 0.05) is 19.2 Å². The molecule has 1 aliphatic heterocycles. The topological polar surface area (TPSA) is 47.4 Å². The van der Waals surface area contributed by atoms with Crippen LogP contribution in [0.15, 0.2) is 42.5 Å². The van der Waals surface area contributed by atoms with Gasteiger partial charge in [0.25, 0.3) is 5.91 Å². The molecule has 0 unspecified atom stereocenters. The minimum Gasteiger partial charge on any atom is -0.484 e. The molecule has 0 spiro atoms. The molecule has 0 aliphatic carbocycles. The fourth-order valence-electron chi connectivity index (χ4n) is 2.82. The molecule has 0 atom stereocenters. The van der Waals surface area contributed by atoms with Crippen LogP contribution in [0.4, 0.5) is 5.95 Å². The third-order valence-electron chi connectivity index (χ3n) is 3.98. The fraction of sp³-hybridized carbons (Fsp3) is 0.176. The zero-order valence-corrected chi connectivity index (χ0v) is 14.1. The second-order valence-electron chi connectivity index (χ2n) is 5.46. The monoisotopic (exact) mass is 361 g/mol. The number of ether oxygens (including phenoxy) is 1. The van der Waals surface area contributed by atoms with Gasteiger partial charge in [0.2, 0.25) is 5.95 Å². The molecule has 7 heteroatoms. The highest BCUT2D eigenvalue weighted by molar-refractivity contribution is 6.42. The lowest BCUT2D eigenvalue weighted by molar-refractivity contribution is -0.120. The van der Waals surface area contributed by atoms with Gasteiger partial charge in [-0.15, -0.1) is 0 Å². The van der Waals surface area contributed by atoms with Gasteiger partial charge in [-0.25, -0.2) is 4.98 Å². The van der Waals surface area contributed by atoms with Crippen LogP contribution in [0.1, 0.15) is 0 Å². The van der Waals surface area contributed by atoms with Gasteiger partial charge in [0.05, 0.1) is 21.1 Å². The molecule has 122 valence electrons. The minimum absolute atomic E-state index is 0.0822. The van der Waals surface area contributed by atoms with Gasteiger partial charge in [-0.3, -0.25) is 9.69 Å². The summed E-state index contributed by atoms with van der Waals surface area (Å²) in [5, 5.41) is 0.841. The van der Waals surface area contributed by atoms with Gasteiger partial charge in [0.15, 0.2) is 6.61 Å². The molecule has 0 saturated carbocycles. The third-order valence-corrected chi connectivity index (χ3v) is 4.72. The number of anilines is 1. The molecule has 1 amide bonds. The maximum absolute atomic E-state index is 12.5. The molecular weight excluding hydrogens is 349 g/mol. The molecule has 0 N–H and O–H groups in total. The van der Waals surface area contributed by atoms with Crippen LogP contribution in [0.25, 0.3) is 11.0 Å². The van der Waals surface area contributed by atoms with Crippen LogP contribution in [-0.4, -0.2) is 28.6 Å². The molecule has 0 saturated heterocycles. The van der Waals surface area contributed by atoms with Crippen molar-refractivity contribution in [3.8, 4) is 5.75 Å². The summed E-state index contributed by atoms with van der Waals surface area (Å²) in [6.07, 6.45) is 0. The summed E-state index contributed by atoms with van der Waals surface area (Å²) in [4.78, 5) is 18.7. The van der Waals surface area contributed by atoms with Crippen LogP contribution in [0.2, 0.25) is 10.0 Å². The molecule has 24 heavy (non-hydrogen) atoms. The van der Waals surface area contributed by atoms with Crippen molar-refractivity contribution in [3.63, 3.8) is 0 Å². The first-order valence-electron chi connectivity index (χ1n) is 7.47. The van der Waals surface area contributed by atoms with Crippen molar-refractivity contribution < 1.29 is 9.53 Å². The normalized spacial score (nSPS) is 13.3. The van der Waals surface area contributed by atoms with Crippen LogP contribution in [0, 0.1) is 0 Å². The fourth-order valence-corrected chi connectivity index (χ4v) is 3.10. The van der Waals surface area contributed by atoms with E-state index in [1.54, 1.807) is 23.1 Å². The number of imidazole rings is 1. The van der Waals surface area contributed by atoms with E-state index in [2.05, 4.69) is 4.98 Å². The molecule has 2 heterocycles. The number of halogens is 2. The van der Waals surface area contributed by atoms with E-state index in [1.165, 1.54) is 0 Å². The first-order chi connectivity index (χ1) is 11.6. The molecular formula is C17H13Cl2N3O2. The van der Waals surface area contributed by atoms with Crippen molar-refractivity contribution in [3.05, 3.63) is 52.5 Å². The Morgan fingerprint density at radius 1 is 1.12 bits per heavy atom. The zero-order valence-electron chi connectivity index (χ0n) is 12.6. The predicted octanol–water partition coefficient (Wildman–Crippen LogP) is 3.77. The molecule has 4 rings (SSSR count). The van der Waals surface area contributed by atoms with E-state index in [0.717, 1.165) is 17.6 Å². The Labute approximate surface area is 148 Å². The van der Waals surface area contributed by atoms with Crippen LogP contribution < -0.4 is 9.64 Å². The van der Waals surface area contributed by atoms with Crippen LogP contribution in [0.5, 0.6) is 5.75 Å². The lowest BCUT2D eigenvalue weighted by Gasteiger charge is -2.14. The van der Waals surface area contributed by atoms with Crippen molar-refractivity contribution >= 4 is 46.1 Å². The Balaban J connectivity index is 1.51. The lowest BCUT2D eigenvalue weighted by atomic mass is 10.3. The summed E-state index contributed by atoms with van der Waals surface area (Å²) in [5.74, 6) is 1.03. The largest absolute Gasteiger partial charge is 0.484 e. The summed E-state index contributed by atoms with van der Waals surface area (Å²) in [6, 6.07) is 12.8. The summed E-state index contributed by atoms with van der Waals surface area (Å²) >= 11 is 11.8. The standard InChI is InChI=1S/C17H13Cl2N3O2/c18-12-6-5-11(9-13(12)19)24-10-16(23)22-8-7-21-15-4-2-1-3-14(15)20-17(21)22/h1-6,9H,7-8,10H2. The van der Waals surface area contributed by atoms with E-state index in [-0.39, 0.29) is 12.5 Å². The highest BCUT2D eigenvalue weighted by Crippen LogP contribution is 2.28. The van der Waals surface area contributed by atoms with Crippen LogP contribution >= 0.6 is 23.2 Å². The smallest absolute Gasteiger partial charge is 0.267 e. The minimum atomic E-state index is -0.143. The summed E-state index contributed by atoms with van der Waals surface area (Å²) in [7, 11) is 0. The number of para-hydroxylation sites is 2. The first kappa shape index (κ1) is 15.3. The molecule has 3 aromatic rings. The Hall–Kier alpha value is -2.24. The predicted molar refractivity (Wildman–Crippen MR) is 94.0 cm³/mol. The SMILES string of the molecule is O=C(COc1ccc(Cl)c(Cl)c1)N1CCn2c1nc1ccccc12. The number of carbonyl (C=O) groups excluding carboxylic acids is 1. The van der Waals surface area contributed by atoms with Gasteiger partial charge in [-0.05, 0) is 24.3 Å². The number of carbonyl (C=O) groups is 1. The van der Waals surface area contributed by atoms with E-state index >= 15 is 0 Å². The van der Waals surface area contributed by atoms with E-state index in [0.29, 0.717) is 28.3 Å². The number of amides is 1. The van der Waals surface area contributed by atoms with E-state index in [4.69, 9.17) is 27.9 Å². The van der Waals surface area contributed by atoms with Crippen LogP contribution in [0.3, 0.4) is 0 Å². The van der Waals surface area contributed by atoms with E-state index in [1.807, 2.05) is 28.8 Å². The molecule has 0 bridgehead atoms. The van der Waals surface area contributed by atoms with Gasteiger partial charge in [-0.2, -0.15) is 0 Å². The molecule has 0 fully saturated rings. The number of rotatable bonds is 3. The number of hydrogen-bond acceptors (Lipinski definition) is 3. The van der Waals surface area contributed by atoms with Crippen LogP contribution in [-0.2, 0) is 11.3 Å². The Bertz CT molecular complexity index is 939. The second kappa shape index (κ2) is 6.00. The highest BCUT2D eigenvalue weighted by Gasteiger charge is 2.28. The summed E-state index contributed by atoms with van der Waals surface area (Å²) in [6.45, 7) is 1.24. The van der Waals surface area contributed by atoms with E-state index < -0.39 is 0 Å². The maximum atomic E-state index is 12.5. The van der Waals surface area contributed by atoms with Crippen molar-refractivity contribution in [2.75, 3.05) is 18.1 Å². The maximum Gasteiger partial charge on any atom is 0.267 e. The highest BCUT2D eigenvalue weighted by atomic mass is 35.5. The van der Waals surface area contributed by atoms with Crippen molar-refractivity contribution in [2.45, 2.75) is 6.54 Å². The first-order valence-corrected chi connectivity index (χ1v) is 8.22. The third kappa shape index (κ3) is 2.60. The number of fused-ring (bicyclic) bond motifs is 3.